The highest BCUT2D eigenvalue weighted by molar-refractivity contribution is 5.53. The monoisotopic (exact) mass is 173 g/mol. The summed E-state index contributed by atoms with van der Waals surface area (Å²) in [6, 6.07) is 9.46. The van der Waals surface area contributed by atoms with Gasteiger partial charge in [-0.1, -0.05) is 30.3 Å². The molecule has 1 aromatic heterocycles. The van der Waals surface area contributed by atoms with Crippen LogP contribution in [0.2, 0.25) is 0 Å². The lowest BCUT2D eigenvalue weighted by atomic mass is 10.2. The van der Waals surface area contributed by atoms with Gasteiger partial charge in [-0.2, -0.15) is 5.10 Å². The first kappa shape index (κ1) is 7.67. The van der Waals surface area contributed by atoms with Gasteiger partial charge in [0.1, 0.15) is 0 Å². The molecular weight excluding hydrogens is 166 g/mol. The Kier molecular flexibility index (Phi) is 1.88. The molecule has 0 saturated heterocycles. The molecule has 0 spiro atoms. The second-order valence-corrected chi connectivity index (χ2v) is 2.54. The molecule has 1 N–H and O–H groups in total. The van der Waals surface area contributed by atoms with Gasteiger partial charge in [0.2, 0.25) is 0 Å². The summed E-state index contributed by atoms with van der Waals surface area (Å²) >= 11 is 0. The molecule has 0 aliphatic heterocycles. The van der Waals surface area contributed by atoms with Crippen molar-refractivity contribution in [2.75, 3.05) is 0 Å². The van der Waals surface area contributed by atoms with E-state index in [1.54, 1.807) is 0 Å². The summed E-state index contributed by atoms with van der Waals surface area (Å²) in [5.41, 5.74) is 0.596. The molecule has 64 valence electrons. The van der Waals surface area contributed by atoms with E-state index >= 15 is 0 Å². The molecule has 1 aromatic carbocycles. The first-order valence-corrected chi connectivity index (χ1v) is 3.83. The molecule has 4 nitrogen and oxygen atoms in total. The van der Waals surface area contributed by atoms with E-state index < -0.39 is 0 Å². The van der Waals surface area contributed by atoms with E-state index in [0.29, 0.717) is 5.82 Å². The van der Waals surface area contributed by atoms with Gasteiger partial charge in [0.15, 0.2) is 5.82 Å². The number of hydrogen-bond acceptors (Lipinski definition) is 3. The third kappa shape index (κ3) is 1.61. The Bertz CT molecular complexity index is 429. The summed E-state index contributed by atoms with van der Waals surface area (Å²) in [6.07, 6.45) is 1.22. The van der Waals surface area contributed by atoms with Crippen LogP contribution in [0.3, 0.4) is 0 Å². The van der Waals surface area contributed by atoms with Gasteiger partial charge in [-0.25, -0.2) is 10.1 Å². The first-order chi connectivity index (χ1) is 6.36. The number of aromatic nitrogens is 3. The van der Waals surface area contributed by atoms with Crippen LogP contribution in [0.4, 0.5) is 0 Å². The predicted octanol–water partition coefficient (Wildman–Crippen LogP) is 0.832. The molecular formula is C9H7N3O. The van der Waals surface area contributed by atoms with Crippen molar-refractivity contribution in [3.8, 4) is 11.4 Å². The fourth-order valence-electron chi connectivity index (χ4n) is 1.01. The summed E-state index contributed by atoms with van der Waals surface area (Å²) in [4.78, 5) is 14.6. The fourth-order valence-corrected chi connectivity index (χ4v) is 1.01. The maximum absolute atomic E-state index is 10.7. The predicted molar refractivity (Wildman–Crippen MR) is 48.1 cm³/mol. The summed E-state index contributed by atoms with van der Waals surface area (Å²) in [6.45, 7) is 0. The number of benzene rings is 1. The normalized spacial score (nSPS) is 9.85. The molecule has 1 heterocycles. The van der Waals surface area contributed by atoms with Crippen molar-refractivity contribution in [1.29, 1.82) is 0 Å². The minimum Gasteiger partial charge on any atom is -0.266 e. The van der Waals surface area contributed by atoms with Crippen molar-refractivity contribution in [1.82, 2.24) is 15.2 Å². The maximum atomic E-state index is 10.7. The van der Waals surface area contributed by atoms with Crippen LogP contribution in [0.15, 0.2) is 41.3 Å². The highest BCUT2D eigenvalue weighted by Gasteiger charge is 1.97. The van der Waals surface area contributed by atoms with E-state index in [4.69, 9.17) is 0 Å². The lowest BCUT2D eigenvalue weighted by Crippen LogP contribution is -2.08. The van der Waals surface area contributed by atoms with Crippen molar-refractivity contribution in [3.05, 3.63) is 46.9 Å². The number of rotatable bonds is 1. The second-order valence-electron chi connectivity index (χ2n) is 2.54. The minimum atomic E-state index is -0.292. The average Bonchev–Trinajstić information content (AvgIpc) is 2.20. The Morgan fingerprint density at radius 3 is 2.54 bits per heavy atom. The molecule has 0 atom stereocenters. The van der Waals surface area contributed by atoms with E-state index in [9.17, 15) is 4.79 Å². The zero-order valence-electron chi connectivity index (χ0n) is 6.77. The SMILES string of the molecule is O=c1cnc(-c2ccccc2)n[nH]1. The molecule has 0 fully saturated rings. The molecule has 0 amide bonds. The molecule has 0 aliphatic carbocycles. The van der Waals surface area contributed by atoms with Gasteiger partial charge < -0.3 is 0 Å². The summed E-state index contributed by atoms with van der Waals surface area (Å²) in [5.74, 6) is 0.528. The van der Waals surface area contributed by atoms with E-state index in [2.05, 4.69) is 15.2 Å². The van der Waals surface area contributed by atoms with E-state index in [-0.39, 0.29) is 5.56 Å². The summed E-state index contributed by atoms with van der Waals surface area (Å²) in [7, 11) is 0. The quantitative estimate of drug-likeness (QED) is 0.694. The summed E-state index contributed by atoms with van der Waals surface area (Å²) < 4.78 is 0. The van der Waals surface area contributed by atoms with E-state index in [1.165, 1.54) is 6.20 Å². The highest BCUT2D eigenvalue weighted by Crippen LogP contribution is 2.10. The molecule has 0 radical (unpaired) electrons. The topological polar surface area (TPSA) is 58.6 Å². The molecule has 0 aliphatic rings. The summed E-state index contributed by atoms with van der Waals surface area (Å²) in [5, 5.41) is 6.13. The van der Waals surface area contributed by atoms with Crippen molar-refractivity contribution >= 4 is 0 Å². The molecule has 4 heteroatoms. The number of hydrogen-bond donors (Lipinski definition) is 1. The second kappa shape index (κ2) is 3.18. The van der Waals surface area contributed by atoms with Crippen LogP contribution in [0.1, 0.15) is 0 Å². The third-order valence-corrected chi connectivity index (χ3v) is 1.61. The van der Waals surface area contributed by atoms with Crippen LogP contribution in [0.25, 0.3) is 11.4 Å². The fraction of sp³-hybridized carbons (Fsp3) is 0. The lowest BCUT2D eigenvalue weighted by Gasteiger charge is -1.95. The molecule has 0 unspecified atom stereocenters. The zero-order chi connectivity index (χ0) is 9.10. The van der Waals surface area contributed by atoms with E-state index in [0.717, 1.165) is 5.56 Å². The third-order valence-electron chi connectivity index (χ3n) is 1.61. The Hall–Kier alpha value is -1.97. The molecule has 2 aromatic rings. The van der Waals surface area contributed by atoms with Crippen LogP contribution in [0.5, 0.6) is 0 Å². The van der Waals surface area contributed by atoms with Crippen molar-refractivity contribution in [3.63, 3.8) is 0 Å². The van der Waals surface area contributed by atoms with Gasteiger partial charge in [0.25, 0.3) is 5.56 Å². The van der Waals surface area contributed by atoms with Gasteiger partial charge in [-0.05, 0) is 0 Å². The Balaban J connectivity index is 2.48. The number of aromatic amines is 1. The van der Waals surface area contributed by atoms with Crippen LogP contribution in [0, 0.1) is 0 Å². The smallest absolute Gasteiger partial charge is 0.266 e. The first-order valence-electron chi connectivity index (χ1n) is 3.83. The van der Waals surface area contributed by atoms with Crippen LogP contribution in [-0.4, -0.2) is 15.2 Å². The van der Waals surface area contributed by atoms with Gasteiger partial charge in [-0.15, -0.1) is 0 Å². The number of nitrogens with one attached hydrogen (secondary N) is 1. The van der Waals surface area contributed by atoms with Gasteiger partial charge >= 0.3 is 0 Å². The van der Waals surface area contributed by atoms with Gasteiger partial charge in [0, 0.05) is 5.56 Å². The van der Waals surface area contributed by atoms with Gasteiger partial charge in [0.05, 0.1) is 6.20 Å². The standard InChI is InChI=1S/C9H7N3O/c13-8-6-10-9(12-11-8)7-4-2-1-3-5-7/h1-6H,(H,11,13). The van der Waals surface area contributed by atoms with Crippen molar-refractivity contribution in [2.24, 2.45) is 0 Å². The van der Waals surface area contributed by atoms with Crippen LogP contribution < -0.4 is 5.56 Å². The Morgan fingerprint density at radius 2 is 1.92 bits per heavy atom. The number of H-pyrrole nitrogens is 1. The van der Waals surface area contributed by atoms with E-state index in [1.807, 2.05) is 30.3 Å². The molecule has 0 saturated carbocycles. The lowest BCUT2D eigenvalue weighted by molar-refractivity contribution is 0.941. The zero-order valence-corrected chi connectivity index (χ0v) is 6.77. The molecule has 13 heavy (non-hydrogen) atoms. The number of nitrogens with zero attached hydrogens (tertiary/aromatic N) is 2. The van der Waals surface area contributed by atoms with Crippen molar-refractivity contribution in [2.45, 2.75) is 0 Å². The molecule has 2 rings (SSSR count). The Morgan fingerprint density at radius 1 is 1.15 bits per heavy atom. The van der Waals surface area contributed by atoms with Crippen LogP contribution >= 0.6 is 0 Å². The van der Waals surface area contributed by atoms with Gasteiger partial charge in [-0.3, -0.25) is 4.79 Å². The average molecular weight is 173 g/mol. The Labute approximate surface area is 74.3 Å². The van der Waals surface area contributed by atoms with Crippen molar-refractivity contribution < 1.29 is 0 Å². The highest BCUT2D eigenvalue weighted by atomic mass is 16.1. The maximum Gasteiger partial charge on any atom is 0.282 e. The molecule has 0 bridgehead atoms. The minimum absolute atomic E-state index is 0.292. The largest absolute Gasteiger partial charge is 0.282 e. The van der Waals surface area contributed by atoms with Crippen LogP contribution in [-0.2, 0) is 0 Å².